The number of benzene rings is 2. The maximum absolute atomic E-state index is 12.7. The molecule has 0 fully saturated rings. The summed E-state index contributed by atoms with van der Waals surface area (Å²) in [6.07, 6.45) is 0. The van der Waals surface area contributed by atoms with Crippen molar-refractivity contribution >= 4 is 34.0 Å². The van der Waals surface area contributed by atoms with Crippen molar-refractivity contribution in [3.8, 4) is 5.75 Å². The summed E-state index contributed by atoms with van der Waals surface area (Å²) in [5.74, 6) is 0.816. The SMILES string of the molecule is Cc1ccc2c(c1)c(=O)n(C)c1nnc(COC(=O)c3cccc(OCc4cscn4)c3)n21. The molecule has 0 aliphatic heterocycles. The molecule has 10 heteroatoms. The fourth-order valence-electron chi connectivity index (χ4n) is 3.54. The fourth-order valence-corrected chi connectivity index (χ4v) is 4.09. The second kappa shape index (κ2) is 8.47. The highest BCUT2D eigenvalue weighted by atomic mass is 32.1. The zero-order valence-electron chi connectivity index (χ0n) is 17.9. The third-order valence-electron chi connectivity index (χ3n) is 5.21. The van der Waals surface area contributed by atoms with Crippen molar-refractivity contribution in [1.29, 1.82) is 0 Å². The smallest absolute Gasteiger partial charge is 0.338 e. The van der Waals surface area contributed by atoms with E-state index >= 15 is 0 Å². The second-order valence-corrected chi connectivity index (χ2v) is 8.23. The molecule has 0 N–H and O–H groups in total. The molecule has 0 aliphatic rings. The van der Waals surface area contributed by atoms with E-state index in [0.29, 0.717) is 40.4 Å². The van der Waals surface area contributed by atoms with Gasteiger partial charge < -0.3 is 9.47 Å². The zero-order chi connectivity index (χ0) is 22.9. The summed E-state index contributed by atoms with van der Waals surface area (Å²) in [6.45, 7) is 2.14. The van der Waals surface area contributed by atoms with Crippen LogP contribution in [-0.4, -0.2) is 30.1 Å². The Labute approximate surface area is 191 Å². The number of aromatic nitrogens is 5. The van der Waals surface area contributed by atoms with Gasteiger partial charge in [0.15, 0.2) is 12.4 Å². The Balaban J connectivity index is 1.38. The molecule has 0 spiro atoms. The number of esters is 1. The molecule has 33 heavy (non-hydrogen) atoms. The number of carbonyl (C=O) groups is 1. The molecular formula is C23H19N5O4S. The Bertz CT molecular complexity index is 1540. The van der Waals surface area contributed by atoms with Gasteiger partial charge in [-0.1, -0.05) is 17.7 Å². The summed E-state index contributed by atoms with van der Waals surface area (Å²) < 4.78 is 14.4. The summed E-state index contributed by atoms with van der Waals surface area (Å²) in [5.41, 5.74) is 4.38. The molecule has 0 saturated carbocycles. The van der Waals surface area contributed by atoms with Crippen molar-refractivity contribution in [3.05, 3.63) is 86.4 Å². The van der Waals surface area contributed by atoms with Gasteiger partial charge in [0.2, 0.25) is 5.78 Å². The predicted molar refractivity (Wildman–Crippen MR) is 122 cm³/mol. The van der Waals surface area contributed by atoms with Crippen LogP contribution in [0.25, 0.3) is 16.7 Å². The Morgan fingerprint density at radius 2 is 2.00 bits per heavy atom. The predicted octanol–water partition coefficient (Wildman–Crippen LogP) is 3.28. The topological polar surface area (TPSA) is 101 Å². The highest BCUT2D eigenvalue weighted by Gasteiger charge is 2.17. The van der Waals surface area contributed by atoms with Crippen LogP contribution in [0.15, 0.2) is 58.1 Å². The lowest BCUT2D eigenvalue weighted by molar-refractivity contribution is 0.0461. The first-order valence-corrected chi connectivity index (χ1v) is 11.1. The van der Waals surface area contributed by atoms with E-state index in [1.807, 2.05) is 30.5 Å². The summed E-state index contributed by atoms with van der Waals surface area (Å²) in [4.78, 5) is 29.6. The van der Waals surface area contributed by atoms with Gasteiger partial charge in [-0.3, -0.25) is 13.8 Å². The van der Waals surface area contributed by atoms with E-state index < -0.39 is 5.97 Å². The molecule has 3 aromatic heterocycles. The third kappa shape index (κ3) is 3.96. The summed E-state index contributed by atoms with van der Waals surface area (Å²) in [5, 5.41) is 10.7. The summed E-state index contributed by atoms with van der Waals surface area (Å²) >= 11 is 1.49. The molecule has 3 heterocycles. The van der Waals surface area contributed by atoms with Crippen LogP contribution in [0.1, 0.15) is 27.4 Å². The average Bonchev–Trinajstić information content (AvgIpc) is 3.50. The largest absolute Gasteiger partial charge is 0.487 e. The molecule has 5 aromatic rings. The van der Waals surface area contributed by atoms with Crippen LogP contribution in [0.5, 0.6) is 5.75 Å². The number of carbonyl (C=O) groups excluding carboxylic acids is 1. The minimum atomic E-state index is -0.518. The Hall–Kier alpha value is -4.05. The van der Waals surface area contributed by atoms with Gasteiger partial charge in [-0.05, 0) is 37.3 Å². The van der Waals surface area contributed by atoms with Gasteiger partial charge in [0.25, 0.3) is 5.56 Å². The Morgan fingerprint density at radius 3 is 2.82 bits per heavy atom. The van der Waals surface area contributed by atoms with Crippen molar-refractivity contribution in [2.45, 2.75) is 20.1 Å². The van der Waals surface area contributed by atoms with E-state index in [4.69, 9.17) is 9.47 Å². The van der Waals surface area contributed by atoms with Crippen molar-refractivity contribution in [2.75, 3.05) is 0 Å². The molecule has 0 unspecified atom stereocenters. The van der Waals surface area contributed by atoms with Crippen LogP contribution < -0.4 is 10.3 Å². The van der Waals surface area contributed by atoms with E-state index in [2.05, 4.69) is 15.2 Å². The van der Waals surface area contributed by atoms with Gasteiger partial charge >= 0.3 is 5.97 Å². The van der Waals surface area contributed by atoms with Crippen LogP contribution in [0, 0.1) is 6.92 Å². The second-order valence-electron chi connectivity index (χ2n) is 7.51. The molecular weight excluding hydrogens is 442 g/mol. The maximum atomic E-state index is 12.7. The van der Waals surface area contributed by atoms with Gasteiger partial charge in [-0.15, -0.1) is 21.5 Å². The first-order chi connectivity index (χ1) is 16.0. The van der Waals surface area contributed by atoms with Crippen molar-refractivity contribution in [3.63, 3.8) is 0 Å². The van der Waals surface area contributed by atoms with Crippen molar-refractivity contribution < 1.29 is 14.3 Å². The molecule has 5 rings (SSSR count). The van der Waals surface area contributed by atoms with Crippen molar-refractivity contribution in [1.82, 2.24) is 24.1 Å². The highest BCUT2D eigenvalue weighted by molar-refractivity contribution is 7.07. The maximum Gasteiger partial charge on any atom is 0.338 e. The number of hydrogen-bond acceptors (Lipinski definition) is 8. The summed E-state index contributed by atoms with van der Waals surface area (Å²) in [7, 11) is 1.64. The molecule has 0 atom stereocenters. The molecule has 166 valence electrons. The van der Waals surface area contributed by atoms with E-state index in [-0.39, 0.29) is 12.2 Å². The molecule has 0 amide bonds. The number of nitrogens with zero attached hydrogens (tertiary/aromatic N) is 5. The summed E-state index contributed by atoms with van der Waals surface area (Å²) in [6, 6.07) is 12.4. The lowest BCUT2D eigenvalue weighted by Gasteiger charge is -2.09. The highest BCUT2D eigenvalue weighted by Crippen LogP contribution is 2.18. The van der Waals surface area contributed by atoms with Crippen LogP contribution in [0.3, 0.4) is 0 Å². The number of fused-ring (bicyclic) bond motifs is 3. The van der Waals surface area contributed by atoms with E-state index in [1.54, 1.807) is 41.2 Å². The Kier molecular flexibility index (Phi) is 5.35. The van der Waals surface area contributed by atoms with E-state index in [9.17, 15) is 9.59 Å². The van der Waals surface area contributed by atoms with Gasteiger partial charge in [0, 0.05) is 12.4 Å². The van der Waals surface area contributed by atoms with Crippen molar-refractivity contribution in [2.24, 2.45) is 7.05 Å². The molecule has 0 aliphatic carbocycles. The quantitative estimate of drug-likeness (QED) is 0.358. The standard InChI is InChI=1S/C23H19N5O4S/c1-14-6-7-19-18(8-14)21(29)27(2)23-26-25-20(28(19)23)11-32-22(30)15-4-3-5-17(9-15)31-10-16-12-33-13-24-16/h3-9,12-13H,10-11H2,1-2H3. The van der Waals surface area contributed by atoms with E-state index in [0.717, 1.165) is 11.3 Å². The van der Waals surface area contributed by atoms with Crippen LogP contribution in [-0.2, 0) is 25.0 Å². The minimum absolute atomic E-state index is 0.106. The number of thiazole rings is 1. The monoisotopic (exact) mass is 461 g/mol. The van der Waals surface area contributed by atoms with Gasteiger partial charge in [-0.25, -0.2) is 9.78 Å². The number of rotatable bonds is 6. The van der Waals surface area contributed by atoms with Crippen LogP contribution in [0.4, 0.5) is 0 Å². The normalized spacial score (nSPS) is 11.2. The molecule has 0 saturated heterocycles. The molecule has 9 nitrogen and oxygen atoms in total. The number of hydrogen-bond donors (Lipinski definition) is 0. The molecule has 0 bridgehead atoms. The van der Waals surface area contributed by atoms with Crippen LogP contribution in [0.2, 0.25) is 0 Å². The third-order valence-corrected chi connectivity index (χ3v) is 5.85. The average molecular weight is 462 g/mol. The Morgan fingerprint density at radius 1 is 1.12 bits per heavy atom. The lowest BCUT2D eigenvalue weighted by Crippen LogP contribution is -2.20. The van der Waals surface area contributed by atoms with E-state index in [1.165, 1.54) is 15.9 Å². The van der Waals surface area contributed by atoms with Gasteiger partial charge in [0.1, 0.15) is 12.4 Å². The van der Waals surface area contributed by atoms with Crippen LogP contribution >= 0.6 is 11.3 Å². The lowest BCUT2D eigenvalue weighted by atomic mass is 10.1. The first kappa shape index (κ1) is 20.8. The number of aryl methyl sites for hydroxylation is 2. The molecule has 0 radical (unpaired) electrons. The molecule has 2 aromatic carbocycles. The van der Waals surface area contributed by atoms with Gasteiger partial charge in [0.05, 0.1) is 27.7 Å². The first-order valence-electron chi connectivity index (χ1n) is 10.1. The fraction of sp³-hybridized carbons (Fsp3) is 0.174. The zero-order valence-corrected chi connectivity index (χ0v) is 18.7. The number of ether oxygens (including phenoxy) is 2. The van der Waals surface area contributed by atoms with Gasteiger partial charge in [-0.2, -0.15) is 0 Å². The minimum Gasteiger partial charge on any atom is -0.487 e.